The minimum Gasteiger partial charge on any atom is -0.352 e. The molecule has 0 bridgehead atoms. The maximum Gasteiger partial charge on any atom is 0.251 e. The van der Waals surface area contributed by atoms with E-state index in [2.05, 4.69) is 22.6 Å². The van der Waals surface area contributed by atoms with Crippen molar-refractivity contribution in [2.45, 2.75) is 33.2 Å². The highest BCUT2D eigenvalue weighted by molar-refractivity contribution is 5.94. The lowest BCUT2D eigenvalue weighted by Crippen LogP contribution is -2.39. The fourth-order valence-electron chi connectivity index (χ4n) is 3.06. The van der Waals surface area contributed by atoms with Crippen molar-refractivity contribution in [1.29, 1.82) is 0 Å². The van der Waals surface area contributed by atoms with E-state index in [0.717, 1.165) is 30.8 Å². The Morgan fingerprint density at radius 1 is 1.20 bits per heavy atom. The molecule has 5 heteroatoms. The van der Waals surface area contributed by atoms with E-state index in [9.17, 15) is 9.59 Å². The number of benzene rings is 1. The first-order valence-electron chi connectivity index (χ1n) is 8.92. The van der Waals surface area contributed by atoms with Crippen molar-refractivity contribution in [3.8, 4) is 0 Å². The van der Waals surface area contributed by atoms with E-state index >= 15 is 0 Å². The van der Waals surface area contributed by atoms with Crippen LogP contribution in [0.5, 0.6) is 0 Å². The molecular weight excluding hydrogens is 314 g/mol. The molecule has 0 spiro atoms. The first-order valence-corrected chi connectivity index (χ1v) is 8.92. The molecule has 1 aromatic rings. The van der Waals surface area contributed by atoms with E-state index in [0.29, 0.717) is 18.0 Å². The summed E-state index contributed by atoms with van der Waals surface area (Å²) in [6.07, 6.45) is 3.95. The van der Waals surface area contributed by atoms with E-state index < -0.39 is 0 Å². The highest BCUT2D eigenvalue weighted by atomic mass is 16.2. The number of piperidine rings is 1. The molecule has 1 aliphatic heterocycles. The van der Waals surface area contributed by atoms with Gasteiger partial charge >= 0.3 is 0 Å². The lowest BCUT2D eigenvalue weighted by Gasteiger charge is -2.29. The molecule has 5 nitrogen and oxygen atoms in total. The quantitative estimate of drug-likeness (QED) is 0.780. The van der Waals surface area contributed by atoms with Gasteiger partial charge in [0.05, 0.1) is 0 Å². The molecule has 2 amide bonds. The highest BCUT2D eigenvalue weighted by Gasteiger charge is 2.18. The van der Waals surface area contributed by atoms with Crippen molar-refractivity contribution in [3.63, 3.8) is 0 Å². The second-order valence-corrected chi connectivity index (χ2v) is 7.12. The van der Waals surface area contributed by atoms with Crippen molar-refractivity contribution in [3.05, 3.63) is 47.0 Å². The summed E-state index contributed by atoms with van der Waals surface area (Å²) < 4.78 is 0. The number of hydrogen-bond donors (Lipinski definition) is 2. The van der Waals surface area contributed by atoms with Crippen LogP contribution in [0.25, 0.3) is 0 Å². The first-order chi connectivity index (χ1) is 11.9. The molecule has 1 fully saturated rings. The molecule has 136 valence electrons. The van der Waals surface area contributed by atoms with Gasteiger partial charge in [0.2, 0.25) is 5.91 Å². The summed E-state index contributed by atoms with van der Waals surface area (Å²) in [4.78, 5) is 26.2. The summed E-state index contributed by atoms with van der Waals surface area (Å²) in [6.45, 7) is 7.15. The molecule has 2 rings (SSSR count). The van der Waals surface area contributed by atoms with E-state index in [4.69, 9.17) is 0 Å². The Bertz CT molecular complexity index is 618. The van der Waals surface area contributed by atoms with Crippen LogP contribution in [0.3, 0.4) is 0 Å². The lowest BCUT2D eigenvalue weighted by molar-refractivity contribution is -0.116. The van der Waals surface area contributed by atoms with E-state index in [1.165, 1.54) is 12.8 Å². The van der Waals surface area contributed by atoms with Gasteiger partial charge in [-0.05, 0) is 63.9 Å². The van der Waals surface area contributed by atoms with Crippen LogP contribution in [0, 0.1) is 5.92 Å². The third-order valence-electron chi connectivity index (χ3n) is 4.38. The van der Waals surface area contributed by atoms with Gasteiger partial charge in [-0.2, -0.15) is 0 Å². The number of allylic oxidation sites excluding steroid dienone is 1. The molecule has 1 heterocycles. The number of rotatable bonds is 6. The highest BCUT2D eigenvalue weighted by Crippen LogP contribution is 2.14. The molecule has 25 heavy (non-hydrogen) atoms. The number of likely N-dealkylation sites (tertiary alicyclic amines) is 1. The number of nitrogens with one attached hydrogen (secondary N) is 2. The number of hydrogen-bond acceptors (Lipinski definition) is 3. The van der Waals surface area contributed by atoms with Gasteiger partial charge in [-0.1, -0.05) is 17.7 Å². The molecule has 1 atom stereocenters. The molecule has 1 saturated heterocycles. The molecule has 1 aromatic carbocycles. The number of nitrogens with zero attached hydrogens (tertiary/aromatic N) is 1. The minimum absolute atomic E-state index is 0.0339. The summed E-state index contributed by atoms with van der Waals surface area (Å²) in [5.74, 6) is 0.403. The fourth-order valence-corrected chi connectivity index (χ4v) is 3.06. The van der Waals surface area contributed by atoms with Crippen LogP contribution < -0.4 is 10.6 Å². The number of carbonyl (C=O) groups excluding carboxylic acids is 2. The number of amides is 2. The number of carbonyl (C=O) groups is 2. The summed E-state index contributed by atoms with van der Waals surface area (Å²) in [6, 6.07) is 7.38. The molecular formula is C20H29N3O2. The van der Waals surface area contributed by atoms with Crippen LogP contribution in [0.15, 0.2) is 35.9 Å². The van der Waals surface area contributed by atoms with Crippen LogP contribution in [-0.4, -0.2) is 43.4 Å². The summed E-state index contributed by atoms with van der Waals surface area (Å²) >= 11 is 0. The average molecular weight is 343 g/mol. The molecule has 0 aliphatic carbocycles. The Labute approximate surface area is 150 Å². The van der Waals surface area contributed by atoms with Gasteiger partial charge in [-0.25, -0.2) is 0 Å². The third-order valence-corrected chi connectivity index (χ3v) is 4.38. The maximum absolute atomic E-state index is 12.3. The molecule has 1 unspecified atom stereocenters. The van der Waals surface area contributed by atoms with Gasteiger partial charge in [-0.3, -0.25) is 9.59 Å². The summed E-state index contributed by atoms with van der Waals surface area (Å²) in [5.41, 5.74) is 2.60. The Morgan fingerprint density at radius 3 is 2.56 bits per heavy atom. The Kier molecular flexibility index (Phi) is 7.19. The standard InChI is InChI=1S/C20H29N3O2/c1-15(2)11-19(24)21-12-16-6-8-18(9-7-16)20(25)22-13-17-5-4-10-23(3)14-17/h6-9,11,17H,4-5,10,12-14H2,1-3H3,(H,21,24)(H,22,25). The Hall–Kier alpha value is -2.14. The van der Waals surface area contributed by atoms with Gasteiger partial charge in [0, 0.05) is 31.3 Å². The van der Waals surface area contributed by atoms with E-state index in [-0.39, 0.29) is 11.8 Å². The van der Waals surface area contributed by atoms with Crippen LogP contribution in [0.1, 0.15) is 42.6 Å². The van der Waals surface area contributed by atoms with Crippen LogP contribution >= 0.6 is 0 Å². The van der Waals surface area contributed by atoms with Crippen molar-refractivity contribution in [1.82, 2.24) is 15.5 Å². The largest absolute Gasteiger partial charge is 0.352 e. The van der Waals surface area contributed by atoms with Crippen molar-refractivity contribution >= 4 is 11.8 Å². The first kappa shape index (κ1) is 19.2. The minimum atomic E-state index is -0.0979. The van der Waals surface area contributed by atoms with Crippen molar-refractivity contribution < 1.29 is 9.59 Å². The topological polar surface area (TPSA) is 61.4 Å². The van der Waals surface area contributed by atoms with Gasteiger partial charge < -0.3 is 15.5 Å². The molecule has 0 radical (unpaired) electrons. The van der Waals surface area contributed by atoms with Gasteiger partial charge in [-0.15, -0.1) is 0 Å². The molecule has 0 aromatic heterocycles. The second kappa shape index (κ2) is 9.37. The second-order valence-electron chi connectivity index (χ2n) is 7.12. The zero-order valence-corrected chi connectivity index (χ0v) is 15.5. The van der Waals surface area contributed by atoms with Gasteiger partial charge in [0.25, 0.3) is 5.91 Å². The zero-order valence-electron chi connectivity index (χ0n) is 15.5. The predicted octanol–water partition coefficient (Wildman–Crippen LogP) is 2.34. The molecule has 2 N–H and O–H groups in total. The van der Waals surface area contributed by atoms with Gasteiger partial charge in [0.1, 0.15) is 0 Å². The van der Waals surface area contributed by atoms with E-state index in [1.807, 2.05) is 38.1 Å². The van der Waals surface area contributed by atoms with Gasteiger partial charge in [0.15, 0.2) is 0 Å². The van der Waals surface area contributed by atoms with Crippen molar-refractivity contribution in [2.24, 2.45) is 5.92 Å². The third kappa shape index (κ3) is 6.70. The SMILES string of the molecule is CC(C)=CC(=O)NCc1ccc(C(=O)NCC2CCCN(C)C2)cc1. The molecule has 1 aliphatic rings. The smallest absolute Gasteiger partial charge is 0.251 e. The Morgan fingerprint density at radius 2 is 1.92 bits per heavy atom. The van der Waals surface area contributed by atoms with Crippen molar-refractivity contribution in [2.75, 3.05) is 26.7 Å². The predicted molar refractivity (Wildman–Crippen MR) is 100 cm³/mol. The lowest BCUT2D eigenvalue weighted by atomic mass is 9.98. The average Bonchev–Trinajstić information content (AvgIpc) is 2.58. The fraction of sp³-hybridized carbons (Fsp3) is 0.500. The van der Waals surface area contributed by atoms with Crippen LogP contribution in [0.4, 0.5) is 0 Å². The van der Waals surface area contributed by atoms with Crippen LogP contribution in [0.2, 0.25) is 0 Å². The monoisotopic (exact) mass is 343 g/mol. The Balaban J connectivity index is 1.79. The molecule has 0 saturated carbocycles. The maximum atomic E-state index is 12.3. The normalized spacial score (nSPS) is 17.6. The summed E-state index contributed by atoms with van der Waals surface area (Å²) in [5, 5.41) is 5.87. The van der Waals surface area contributed by atoms with E-state index in [1.54, 1.807) is 6.08 Å². The van der Waals surface area contributed by atoms with Crippen LogP contribution in [-0.2, 0) is 11.3 Å². The zero-order chi connectivity index (χ0) is 18.2. The summed E-state index contributed by atoms with van der Waals surface area (Å²) in [7, 11) is 2.13.